The molecular weight excluding hydrogens is 364 g/mol. The minimum atomic E-state index is -0.481. The molecule has 0 saturated carbocycles. The lowest BCUT2D eigenvalue weighted by atomic mass is 9.79. The number of nitrogens with zero attached hydrogens (tertiary/aromatic N) is 3. The molecule has 1 aromatic carbocycles. The van der Waals surface area contributed by atoms with E-state index in [-0.39, 0.29) is 16.8 Å². The summed E-state index contributed by atoms with van der Waals surface area (Å²) in [4.78, 5) is 2.22. The monoisotopic (exact) mass is 396 g/mol. The van der Waals surface area contributed by atoms with E-state index in [1.54, 1.807) is 6.07 Å². The van der Waals surface area contributed by atoms with Gasteiger partial charge < -0.3 is 20.4 Å². The number of fused-ring (bicyclic) bond motifs is 1. The topological polar surface area (TPSA) is 81.5 Å². The molecule has 2 heterocycles. The highest BCUT2D eigenvalue weighted by molar-refractivity contribution is 5.69. The van der Waals surface area contributed by atoms with Gasteiger partial charge in [0.1, 0.15) is 5.75 Å². The van der Waals surface area contributed by atoms with Gasteiger partial charge in [-0.15, -0.1) is 10.2 Å². The maximum Gasteiger partial charge on any atom is 0.151 e. The maximum absolute atomic E-state index is 10.4. The van der Waals surface area contributed by atoms with Crippen LogP contribution in [0.2, 0.25) is 0 Å². The van der Waals surface area contributed by atoms with Crippen LogP contribution in [0.15, 0.2) is 24.3 Å². The van der Waals surface area contributed by atoms with E-state index in [0.29, 0.717) is 23.7 Å². The second-order valence-electron chi connectivity index (χ2n) is 9.97. The first kappa shape index (κ1) is 20.1. The maximum atomic E-state index is 10.4. The minimum absolute atomic E-state index is 0.0643. The van der Waals surface area contributed by atoms with Gasteiger partial charge in [0.05, 0.1) is 11.8 Å². The van der Waals surface area contributed by atoms with E-state index in [9.17, 15) is 10.2 Å². The Hall–Kier alpha value is -2.18. The number of aliphatic hydroxyl groups is 1. The largest absolute Gasteiger partial charge is 0.507 e. The van der Waals surface area contributed by atoms with Crippen LogP contribution in [-0.2, 0) is 6.42 Å². The summed E-state index contributed by atoms with van der Waals surface area (Å²) in [6.07, 6.45) is 3.11. The number of phenols is 1. The zero-order valence-corrected chi connectivity index (χ0v) is 18.0. The lowest BCUT2D eigenvalue weighted by Crippen LogP contribution is -2.62. The number of aromatic hydroxyl groups is 1. The summed E-state index contributed by atoms with van der Waals surface area (Å²) < 4.78 is 0. The Labute approximate surface area is 173 Å². The fourth-order valence-electron chi connectivity index (χ4n) is 5.22. The lowest BCUT2D eigenvalue weighted by Gasteiger charge is -2.49. The van der Waals surface area contributed by atoms with Crippen molar-refractivity contribution < 1.29 is 10.2 Å². The lowest BCUT2D eigenvalue weighted by molar-refractivity contribution is 0.160. The van der Waals surface area contributed by atoms with Crippen LogP contribution in [0.3, 0.4) is 0 Å². The standard InChI is InChI=1S/C23H32N4O2/c1-22(2)12-15(13-23(3,4)26-22)27(5)21-9-7-18(24-25-21)17-10-14-6-8-19(28)16(14)11-20(17)29/h7,9-11,15,19,26,28-29H,6,8,12-13H2,1-5H3. The molecule has 2 aromatic rings. The van der Waals surface area contributed by atoms with Crippen molar-refractivity contribution in [2.24, 2.45) is 0 Å². The second kappa shape index (κ2) is 6.96. The van der Waals surface area contributed by atoms with Crippen LogP contribution in [0, 0.1) is 0 Å². The van der Waals surface area contributed by atoms with Crippen molar-refractivity contribution in [1.82, 2.24) is 15.5 Å². The van der Waals surface area contributed by atoms with Gasteiger partial charge in [0.15, 0.2) is 5.82 Å². The number of piperidine rings is 1. The molecule has 0 radical (unpaired) electrons. The van der Waals surface area contributed by atoms with Crippen LogP contribution in [0.25, 0.3) is 11.3 Å². The highest BCUT2D eigenvalue weighted by atomic mass is 16.3. The van der Waals surface area contributed by atoms with Crippen LogP contribution >= 0.6 is 0 Å². The third-order valence-corrected chi connectivity index (χ3v) is 6.31. The molecule has 0 bridgehead atoms. The van der Waals surface area contributed by atoms with Crippen molar-refractivity contribution in [3.05, 3.63) is 35.4 Å². The Morgan fingerprint density at radius 2 is 1.76 bits per heavy atom. The summed E-state index contributed by atoms with van der Waals surface area (Å²) in [6, 6.07) is 7.88. The zero-order chi connectivity index (χ0) is 21.0. The summed E-state index contributed by atoms with van der Waals surface area (Å²) in [5.74, 6) is 0.977. The van der Waals surface area contributed by atoms with Gasteiger partial charge in [0.2, 0.25) is 0 Å². The highest BCUT2D eigenvalue weighted by Crippen LogP contribution is 2.39. The summed E-state index contributed by atoms with van der Waals surface area (Å²) in [5, 5.41) is 33.1. The number of hydrogen-bond acceptors (Lipinski definition) is 6. The van der Waals surface area contributed by atoms with E-state index in [1.165, 1.54) is 0 Å². The van der Waals surface area contributed by atoms with E-state index in [0.717, 1.165) is 36.2 Å². The normalized spacial score (nSPS) is 23.0. The molecule has 29 heavy (non-hydrogen) atoms. The van der Waals surface area contributed by atoms with Gasteiger partial charge >= 0.3 is 0 Å². The van der Waals surface area contributed by atoms with E-state index >= 15 is 0 Å². The number of aliphatic hydroxyl groups excluding tert-OH is 1. The average Bonchev–Trinajstić information content (AvgIpc) is 2.98. The van der Waals surface area contributed by atoms with Crippen LogP contribution in [0.1, 0.15) is 64.2 Å². The van der Waals surface area contributed by atoms with E-state index in [1.807, 2.05) is 18.2 Å². The molecular formula is C23H32N4O2. The van der Waals surface area contributed by atoms with Gasteiger partial charge in [-0.1, -0.05) is 0 Å². The first-order valence-electron chi connectivity index (χ1n) is 10.4. The summed E-state index contributed by atoms with van der Waals surface area (Å²) in [6.45, 7) is 8.99. The van der Waals surface area contributed by atoms with Crippen LogP contribution in [0.4, 0.5) is 5.82 Å². The van der Waals surface area contributed by atoms with Gasteiger partial charge in [-0.25, -0.2) is 0 Å². The molecule has 1 saturated heterocycles. The van der Waals surface area contributed by atoms with Crippen molar-refractivity contribution >= 4 is 5.82 Å². The average molecular weight is 397 g/mol. The third kappa shape index (κ3) is 3.96. The van der Waals surface area contributed by atoms with E-state index in [4.69, 9.17) is 0 Å². The molecule has 4 rings (SSSR count). The molecule has 2 aliphatic rings. The van der Waals surface area contributed by atoms with Gasteiger partial charge in [-0.05, 0) is 88.8 Å². The number of nitrogens with one attached hydrogen (secondary N) is 1. The SMILES string of the molecule is CN(c1ccc(-c2cc3c(cc2O)C(O)CC3)nn1)C1CC(C)(C)NC(C)(C)C1. The Kier molecular flexibility index (Phi) is 4.82. The molecule has 1 aromatic heterocycles. The third-order valence-electron chi connectivity index (χ3n) is 6.31. The van der Waals surface area contributed by atoms with E-state index < -0.39 is 6.10 Å². The second-order valence-corrected chi connectivity index (χ2v) is 9.97. The number of anilines is 1. The van der Waals surface area contributed by atoms with Crippen LogP contribution in [-0.4, -0.2) is 44.6 Å². The quantitative estimate of drug-likeness (QED) is 0.736. The summed E-state index contributed by atoms with van der Waals surface area (Å²) >= 11 is 0. The molecule has 3 N–H and O–H groups in total. The molecule has 1 atom stereocenters. The molecule has 1 fully saturated rings. The molecule has 6 nitrogen and oxygen atoms in total. The number of phenolic OH excluding ortho intramolecular Hbond substituents is 1. The Morgan fingerprint density at radius 1 is 1.07 bits per heavy atom. The van der Waals surface area contributed by atoms with Crippen molar-refractivity contribution in [2.45, 2.75) is 76.6 Å². The molecule has 1 aliphatic carbocycles. The first-order valence-corrected chi connectivity index (χ1v) is 10.4. The molecule has 156 valence electrons. The zero-order valence-electron chi connectivity index (χ0n) is 18.0. The molecule has 0 spiro atoms. The number of rotatable bonds is 3. The van der Waals surface area contributed by atoms with Crippen molar-refractivity contribution in [2.75, 3.05) is 11.9 Å². The van der Waals surface area contributed by atoms with Crippen molar-refractivity contribution in [1.29, 1.82) is 0 Å². The van der Waals surface area contributed by atoms with Gasteiger partial charge in [-0.3, -0.25) is 0 Å². The number of aryl methyl sites for hydroxylation is 1. The van der Waals surface area contributed by atoms with Crippen molar-refractivity contribution in [3.63, 3.8) is 0 Å². The predicted octanol–water partition coefficient (Wildman–Crippen LogP) is 3.57. The molecule has 0 amide bonds. The fraction of sp³-hybridized carbons (Fsp3) is 0.565. The molecule has 6 heteroatoms. The Balaban J connectivity index is 1.57. The van der Waals surface area contributed by atoms with Crippen LogP contribution in [0.5, 0.6) is 5.75 Å². The van der Waals surface area contributed by atoms with Gasteiger partial charge in [-0.2, -0.15) is 0 Å². The van der Waals surface area contributed by atoms with Gasteiger partial charge in [0, 0.05) is 29.7 Å². The fourth-order valence-corrected chi connectivity index (χ4v) is 5.22. The highest BCUT2D eigenvalue weighted by Gasteiger charge is 2.39. The summed E-state index contributed by atoms with van der Waals surface area (Å²) in [7, 11) is 2.08. The number of hydrogen-bond donors (Lipinski definition) is 3. The van der Waals surface area contributed by atoms with Crippen molar-refractivity contribution in [3.8, 4) is 17.0 Å². The number of aromatic nitrogens is 2. The molecule has 1 unspecified atom stereocenters. The van der Waals surface area contributed by atoms with E-state index in [2.05, 4.69) is 55.2 Å². The first-order chi connectivity index (χ1) is 13.5. The Bertz CT molecular complexity index is 892. The smallest absolute Gasteiger partial charge is 0.151 e. The number of benzene rings is 1. The Morgan fingerprint density at radius 3 is 2.38 bits per heavy atom. The minimum Gasteiger partial charge on any atom is -0.507 e. The molecule has 1 aliphatic heterocycles. The van der Waals surface area contributed by atoms with Crippen LogP contribution < -0.4 is 10.2 Å². The summed E-state index contributed by atoms with van der Waals surface area (Å²) in [5.41, 5.74) is 3.35. The van der Waals surface area contributed by atoms with Gasteiger partial charge in [0.25, 0.3) is 0 Å². The predicted molar refractivity (Wildman–Crippen MR) is 115 cm³/mol.